The van der Waals surface area contributed by atoms with Gasteiger partial charge in [0.25, 0.3) is 5.91 Å². The van der Waals surface area contributed by atoms with Gasteiger partial charge in [0, 0.05) is 5.56 Å². The number of carbonyl (C=O) groups excluding carboxylic acids is 1. The van der Waals surface area contributed by atoms with Crippen molar-refractivity contribution in [1.29, 1.82) is 0 Å². The summed E-state index contributed by atoms with van der Waals surface area (Å²) in [5.41, 5.74) is 3.11. The molecule has 2 heterocycles. The van der Waals surface area contributed by atoms with Crippen LogP contribution in [0.25, 0.3) is 0 Å². The quantitative estimate of drug-likeness (QED) is 0.517. The van der Waals surface area contributed by atoms with Gasteiger partial charge >= 0.3 is 5.69 Å². The highest BCUT2D eigenvalue weighted by molar-refractivity contribution is 5.94. The van der Waals surface area contributed by atoms with E-state index < -0.39 is 4.92 Å². The standard InChI is InChI=1S/C19H21N5O4/c1-11-14(4)28-17(21-11)9-20-19(25)16-7-5-15(6-8-16)10-23-13(3)18(24(26)27)12(2)22-23/h5-8H,9-10H2,1-4H3,(H,20,25). The van der Waals surface area contributed by atoms with Crippen molar-refractivity contribution in [3.8, 4) is 0 Å². The highest BCUT2D eigenvalue weighted by Crippen LogP contribution is 2.22. The van der Waals surface area contributed by atoms with Crippen LogP contribution in [0, 0.1) is 37.8 Å². The third-order valence-corrected chi connectivity index (χ3v) is 4.55. The van der Waals surface area contributed by atoms with Crippen LogP contribution < -0.4 is 5.32 Å². The number of rotatable bonds is 6. The van der Waals surface area contributed by atoms with Gasteiger partial charge in [-0.1, -0.05) is 12.1 Å². The fourth-order valence-electron chi connectivity index (χ4n) is 2.91. The van der Waals surface area contributed by atoms with Gasteiger partial charge in [0.1, 0.15) is 17.1 Å². The van der Waals surface area contributed by atoms with Gasteiger partial charge in [0.2, 0.25) is 5.89 Å². The van der Waals surface area contributed by atoms with Crippen molar-refractivity contribution < 1.29 is 14.1 Å². The molecule has 0 spiro atoms. The molecule has 9 nitrogen and oxygen atoms in total. The van der Waals surface area contributed by atoms with Crippen LogP contribution in [0.2, 0.25) is 0 Å². The highest BCUT2D eigenvalue weighted by Gasteiger charge is 2.21. The van der Waals surface area contributed by atoms with E-state index >= 15 is 0 Å². The number of carbonyl (C=O) groups is 1. The molecule has 3 rings (SSSR count). The summed E-state index contributed by atoms with van der Waals surface area (Å²) in [6.45, 7) is 7.56. The van der Waals surface area contributed by atoms with Crippen molar-refractivity contribution in [2.75, 3.05) is 0 Å². The van der Waals surface area contributed by atoms with Crippen LogP contribution in [0.5, 0.6) is 0 Å². The summed E-state index contributed by atoms with van der Waals surface area (Å²) in [4.78, 5) is 27.2. The number of oxazole rings is 1. The minimum Gasteiger partial charge on any atom is -0.444 e. The van der Waals surface area contributed by atoms with Gasteiger partial charge in [-0.15, -0.1) is 0 Å². The number of aryl methyl sites for hydroxylation is 3. The molecule has 0 radical (unpaired) electrons. The number of hydrogen-bond donors (Lipinski definition) is 1. The third kappa shape index (κ3) is 3.93. The summed E-state index contributed by atoms with van der Waals surface area (Å²) in [6.07, 6.45) is 0. The molecule has 1 N–H and O–H groups in total. The lowest BCUT2D eigenvalue weighted by molar-refractivity contribution is -0.386. The topological polar surface area (TPSA) is 116 Å². The molecule has 0 aliphatic rings. The maximum Gasteiger partial charge on any atom is 0.312 e. The molecular weight excluding hydrogens is 362 g/mol. The van der Waals surface area contributed by atoms with Crippen LogP contribution in [0.15, 0.2) is 28.7 Å². The van der Waals surface area contributed by atoms with E-state index in [0.29, 0.717) is 29.4 Å². The van der Waals surface area contributed by atoms with Crippen molar-refractivity contribution in [1.82, 2.24) is 20.1 Å². The first-order chi connectivity index (χ1) is 13.3. The molecule has 0 aliphatic heterocycles. The maximum absolute atomic E-state index is 12.3. The Morgan fingerprint density at radius 3 is 2.39 bits per heavy atom. The molecule has 0 atom stereocenters. The van der Waals surface area contributed by atoms with Crippen LogP contribution in [0.4, 0.5) is 5.69 Å². The molecule has 0 bridgehead atoms. The lowest BCUT2D eigenvalue weighted by Gasteiger charge is -2.06. The Morgan fingerprint density at radius 1 is 1.18 bits per heavy atom. The van der Waals surface area contributed by atoms with E-state index in [1.54, 1.807) is 42.8 Å². The summed E-state index contributed by atoms with van der Waals surface area (Å²) in [6, 6.07) is 7.01. The largest absolute Gasteiger partial charge is 0.444 e. The number of nitro groups is 1. The number of amides is 1. The average molecular weight is 383 g/mol. The zero-order chi connectivity index (χ0) is 20.4. The number of nitrogens with zero attached hydrogens (tertiary/aromatic N) is 4. The van der Waals surface area contributed by atoms with Gasteiger partial charge in [0.15, 0.2) is 0 Å². The second-order valence-corrected chi connectivity index (χ2v) is 6.56. The van der Waals surface area contributed by atoms with Crippen molar-refractivity contribution in [3.63, 3.8) is 0 Å². The molecule has 1 amide bonds. The molecule has 9 heteroatoms. The molecule has 0 aliphatic carbocycles. The van der Waals surface area contributed by atoms with E-state index in [-0.39, 0.29) is 18.1 Å². The lowest BCUT2D eigenvalue weighted by atomic mass is 10.1. The lowest BCUT2D eigenvalue weighted by Crippen LogP contribution is -2.23. The second kappa shape index (κ2) is 7.63. The van der Waals surface area contributed by atoms with Crippen LogP contribution in [-0.2, 0) is 13.1 Å². The van der Waals surface area contributed by atoms with E-state index in [2.05, 4.69) is 15.4 Å². The van der Waals surface area contributed by atoms with E-state index in [4.69, 9.17) is 4.42 Å². The molecule has 2 aromatic heterocycles. The normalized spacial score (nSPS) is 10.9. The van der Waals surface area contributed by atoms with E-state index in [9.17, 15) is 14.9 Å². The third-order valence-electron chi connectivity index (χ3n) is 4.55. The van der Waals surface area contributed by atoms with Crippen LogP contribution >= 0.6 is 0 Å². The highest BCUT2D eigenvalue weighted by atomic mass is 16.6. The number of hydrogen-bond acceptors (Lipinski definition) is 6. The first kappa shape index (κ1) is 19.3. The van der Waals surface area contributed by atoms with E-state index in [0.717, 1.165) is 17.0 Å². The molecule has 0 saturated heterocycles. The Hall–Kier alpha value is -3.49. The minimum atomic E-state index is -0.418. The number of benzene rings is 1. The van der Waals surface area contributed by atoms with Crippen LogP contribution in [0.3, 0.4) is 0 Å². The summed E-state index contributed by atoms with van der Waals surface area (Å²) >= 11 is 0. The van der Waals surface area contributed by atoms with Gasteiger partial charge < -0.3 is 9.73 Å². The van der Waals surface area contributed by atoms with Crippen molar-refractivity contribution in [2.24, 2.45) is 0 Å². The fourth-order valence-corrected chi connectivity index (χ4v) is 2.91. The first-order valence-electron chi connectivity index (χ1n) is 8.74. The first-order valence-corrected chi connectivity index (χ1v) is 8.74. The van der Waals surface area contributed by atoms with Crippen LogP contribution in [0.1, 0.15) is 44.7 Å². The predicted molar refractivity (Wildman–Crippen MR) is 101 cm³/mol. The number of aromatic nitrogens is 3. The maximum atomic E-state index is 12.3. The van der Waals surface area contributed by atoms with Gasteiger partial charge in [0.05, 0.1) is 23.7 Å². The summed E-state index contributed by atoms with van der Waals surface area (Å²) in [5, 5.41) is 18.1. The van der Waals surface area contributed by atoms with Gasteiger partial charge in [-0.3, -0.25) is 19.6 Å². The SMILES string of the molecule is Cc1nc(CNC(=O)c2ccc(Cn3nc(C)c([N+](=O)[O-])c3C)cc2)oc1C. The molecule has 28 heavy (non-hydrogen) atoms. The van der Waals surface area contributed by atoms with Crippen LogP contribution in [-0.4, -0.2) is 25.6 Å². The molecule has 0 saturated carbocycles. The van der Waals surface area contributed by atoms with Gasteiger partial charge in [-0.05, 0) is 45.4 Å². The molecule has 3 aromatic rings. The van der Waals surface area contributed by atoms with Gasteiger partial charge in [-0.25, -0.2) is 4.98 Å². The Morgan fingerprint density at radius 2 is 1.86 bits per heavy atom. The summed E-state index contributed by atoms with van der Waals surface area (Å²) < 4.78 is 7.04. The molecule has 0 unspecified atom stereocenters. The molecular formula is C19H21N5O4. The van der Waals surface area contributed by atoms with Crippen molar-refractivity contribution >= 4 is 11.6 Å². The monoisotopic (exact) mass is 383 g/mol. The zero-order valence-electron chi connectivity index (χ0n) is 16.1. The predicted octanol–water partition coefficient (Wildman–Crippen LogP) is 2.99. The Bertz CT molecular complexity index is 1010. The smallest absolute Gasteiger partial charge is 0.312 e. The van der Waals surface area contributed by atoms with Crippen molar-refractivity contribution in [2.45, 2.75) is 40.8 Å². The average Bonchev–Trinajstić information content (AvgIpc) is 3.11. The van der Waals surface area contributed by atoms with E-state index in [1.165, 1.54) is 0 Å². The summed E-state index contributed by atoms with van der Waals surface area (Å²) in [7, 11) is 0. The number of nitrogens with one attached hydrogen (secondary N) is 1. The molecule has 0 fully saturated rings. The molecule has 146 valence electrons. The van der Waals surface area contributed by atoms with E-state index in [1.807, 2.05) is 13.8 Å². The zero-order valence-corrected chi connectivity index (χ0v) is 16.1. The fraction of sp³-hybridized carbons (Fsp3) is 0.316. The Kier molecular flexibility index (Phi) is 5.25. The minimum absolute atomic E-state index is 0.0352. The second-order valence-electron chi connectivity index (χ2n) is 6.56. The van der Waals surface area contributed by atoms with Gasteiger partial charge in [-0.2, -0.15) is 5.10 Å². The Labute approximate surface area is 161 Å². The summed E-state index contributed by atoms with van der Waals surface area (Å²) in [5.74, 6) is 0.964. The van der Waals surface area contributed by atoms with Crippen molar-refractivity contribution in [3.05, 3.63) is 74.2 Å². The Balaban J connectivity index is 1.65. The molecule has 1 aromatic carbocycles.